The molecule has 4 nitrogen and oxygen atoms in total. The molecule has 0 saturated carbocycles. The van der Waals surface area contributed by atoms with Crippen LogP contribution in [0, 0.1) is 0 Å². The molecule has 0 aliphatic carbocycles. The minimum absolute atomic E-state index is 0.00833. The van der Waals surface area contributed by atoms with E-state index in [9.17, 15) is 13.6 Å². The quantitative estimate of drug-likeness (QED) is 0.866. The number of hydrogen-bond donors (Lipinski definition) is 1. The van der Waals surface area contributed by atoms with E-state index in [1.807, 2.05) is 0 Å². The highest BCUT2D eigenvalue weighted by Gasteiger charge is 2.06. The fourth-order valence-corrected chi connectivity index (χ4v) is 1.32. The molecule has 2 aromatic rings. The zero-order valence-corrected chi connectivity index (χ0v) is 8.06. The Labute approximate surface area is 89.1 Å². The Hall–Kier alpha value is -2.11. The molecule has 1 N–H and O–H groups in total. The van der Waals surface area contributed by atoms with Gasteiger partial charge in [0, 0.05) is 18.3 Å². The third-order valence-electron chi connectivity index (χ3n) is 1.95. The van der Waals surface area contributed by atoms with Gasteiger partial charge in [-0.1, -0.05) is 6.07 Å². The second-order valence-electron chi connectivity index (χ2n) is 3.01. The largest absolute Gasteiger partial charge is 0.435 e. The molecular weight excluding hydrogens is 218 g/mol. The maximum atomic E-state index is 12.0. The zero-order valence-electron chi connectivity index (χ0n) is 8.06. The first-order valence-corrected chi connectivity index (χ1v) is 4.48. The number of aromatic amines is 1. The molecule has 0 amide bonds. The molecule has 2 rings (SSSR count). The molecule has 0 saturated heterocycles. The van der Waals surface area contributed by atoms with Crippen LogP contribution < -0.4 is 10.3 Å². The lowest BCUT2D eigenvalue weighted by atomic mass is 10.3. The van der Waals surface area contributed by atoms with Crippen molar-refractivity contribution in [3.63, 3.8) is 0 Å². The summed E-state index contributed by atoms with van der Waals surface area (Å²) in [6.45, 7) is -2.88. The van der Waals surface area contributed by atoms with Crippen molar-refractivity contribution in [1.82, 2.24) is 9.78 Å². The first-order chi connectivity index (χ1) is 7.66. The molecule has 84 valence electrons. The van der Waals surface area contributed by atoms with E-state index in [-0.39, 0.29) is 11.3 Å². The fraction of sp³-hybridized carbons (Fsp3) is 0.100. The summed E-state index contributed by atoms with van der Waals surface area (Å²) in [4.78, 5) is 11.3. The number of nitrogens with zero attached hydrogens (tertiary/aromatic N) is 1. The van der Waals surface area contributed by atoms with Gasteiger partial charge in [-0.25, -0.2) is 4.68 Å². The van der Waals surface area contributed by atoms with E-state index < -0.39 is 6.61 Å². The number of benzene rings is 1. The first kappa shape index (κ1) is 10.4. The SMILES string of the molecule is O=c1cc[nH]n1-c1cccc(OC(F)F)c1. The van der Waals surface area contributed by atoms with Crippen molar-refractivity contribution < 1.29 is 13.5 Å². The average molecular weight is 226 g/mol. The molecule has 16 heavy (non-hydrogen) atoms. The smallest absolute Gasteiger partial charge is 0.387 e. The summed E-state index contributed by atoms with van der Waals surface area (Å²) in [6.07, 6.45) is 1.46. The second-order valence-corrected chi connectivity index (χ2v) is 3.01. The number of rotatable bonds is 3. The van der Waals surface area contributed by atoms with Crippen LogP contribution in [0.5, 0.6) is 5.75 Å². The maximum absolute atomic E-state index is 12.0. The normalized spacial score (nSPS) is 10.7. The number of alkyl halides is 2. The van der Waals surface area contributed by atoms with Gasteiger partial charge < -0.3 is 4.74 Å². The number of halogens is 2. The Balaban J connectivity index is 2.36. The standard InChI is InChI=1S/C10H8F2N2O2/c11-10(12)16-8-3-1-2-7(6-8)14-9(15)4-5-13-14/h1-6,10,13H. The minimum Gasteiger partial charge on any atom is -0.435 e. The average Bonchev–Trinajstić information content (AvgIpc) is 2.64. The van der Waals surface area contributed by atoms with Crippen molar-refractivity contribution in [3.05, 3.63) is 46.9 Å². The van der Waals surface area contributed by atoms with E-state index in [4.69, 9.17) is 0 Å². The Bertz CT molecular complexity index is 533. The van der Waals surface area contributed by atoms with Gasteiger partial charge in [-0.2, -0.15) is 8.78 Å². The Morgan fingerprint density at radius 3 is 2.75 bits per heavy atom. The summed E-state index contributed by atoms with van der Waals surface area (Å²) in [5, 5.41) is 2.66. The lowest BCUT2D eigenvalue weighted by molar-refractivity contribution is -0.0498. The number of nitrogens with one attached hydrogen (secondary N) is 1. The molecule has 1 aromatic carbocycles. The van der Waals surface area contributed by atoms with Crippen LogP contribution in [0.4, 0.5) is 8.78 Å². The van der Waals surface area contributed by atoms with Crippen LogP contribution in [0.15, 0.2) is 41.3 Å². The second kappa shape index (κ2) is 4.18. The van der Waals surface area contributed by atoms with E-state index in [2.05, 4.69) is 9.84 Å². The summed E-state index contributed by atoms with van der Waals surface area (Å²) >= 11 is 0. The number of hydrogen-bond acceptors (Lipinski definition) is 2. The van der Waals surface area contributed by atoms with E-state index in [1.165, 1.54) is 35.1 Å². The topological polar surface area (TPSA) is 47.0 Å². The highest BCUT2D eigenvalue weighted by Crippen LogP contribution is 2.17. The van der Waals surface area contributed by atoms with Crippen LogP contribution in [0.25, 0.3) is 5.69 Å². The molecule has 0 bridgehead atoms. The van der Waals surface area contributed by atoms with Crippen molar-refractivity contribution in [1.29, 1.82) is 0 Å². The number of ether oxygens (including phenoxy) is 1. The molecule has 0 unspecified atom stereocenters. The van der Waals surface area contributed by atoms with Crippen molar-refractivity contribution in [2.24, 2.45) is 0 Å². The lowest BCUT2D eigenvalue weighted by Crippen LogP contribution is -2.13. The van der Waals surface area contributed by atoms with Gasteiger partial charge in [-0.3, -0.25) is 9.89 Å². The minimum atomic E-state index is -2.88. The molecule has 0 spiro atoms. The Morgan fingerprint density at radius 1 is 1.31 bits per heavy atom. The predicted octanol–water partition coefficient (Wildman–Crippen LogP) is 1.77. The van der Waals surface area contributed by atoms with E-state index >= 15 is 0 Å². The van der Waals surface area contributed by atoms with E-state index in [1.54, 1.807) is 6.07 Å². The fourth-order valence-electron chi connectivity index (χ4n) is 1.32. The highest BCUT2D eigenvalue weighted by atomic mass is 19.3. The van der Waals surface area contributed by atoms with Gasteiger partial charge in [0.25, 0.3) is 5.56 Å². The van der Waals surface area contributed by atoms with Gasteiger partial charge in [0.2, 0.25) is 0 Å². The van der Waals surface area contributed by atoms with Crippen LogP contribution in [0.3, 0.4) is 0 Å². The Morgan fingerprint density at radius 2 is 2.12 bits per heavy atom. The van der Waals surface area contributed by atoms with Gasteiger partial charge in [-0.15, -0.1) is 0 Å². The maximum Gasteiger partial charge on any atom is 0.387 e. The van der Waals surface area contributed by atoms with Crippen LogP contribution in [-0.4, -0.2) is 16.4 Å². The predicted molar refractivity (Wildman–Crippen MR) is 53.0 cm³/mol. The van der Waals surface area contributed by atoms with Crippen molar-refractivity contribution >= 4 is 0 Å². The zero-order chi connectivity index (χ0) is 11.5. The molecule has 0 radical (unpaired) electrons. The highest BCUT2D eigenvalue weighted by molar-refractivity contribution is 5.38. The molecule has 0 fully saturated rings. The molecular formula is C10H8F2N2O2. The lowest BCUT2D eigenvalue weighted by Gasteiger charge is -2.06. The number of aromatic nitrogens is 2. The summed E-state index contributed by atoms with van der Waals surface area (Å²) in [6, 6.07) is 7.21. The van der Waals surface area contributed by atoms with Gasteiger partial charge in [0.05, 0.1) is 5.69 Å². The van der Waals surface area contributed by atoms with Crippen molar-refractivity contribution in [2.75, 3.05) is 0 Å². The summed E-state index contributed by atoms with van der Waals surface area (Å²) in [7, 11) is 0. The third kappa shape index (κ3) is 2.10. The molecule has 0 atom stereocenters. The van der Waals surface area contributed by atoms with Crippen molar-refractivity contribution in [3.8, 4) is 11.4 Å². The van der Waals surface area contributed by atoms with Gasteiger partial charge >= 0.3 is 6.61 Å². The van der Waals surface area contributed by atoms with E-state index in [0.717, 1.165) is 0 Å². The van der Waals surface area contributed by atoms with Gasteiger partial charge in [-0.05, 0) is 12.1 Å². The summed E-state index contributed by atoms with van der Waals surface area (Å²) in [5.41, 5.74) is 0.169. The molecule has 1 heterocycles. The van der Waals surface area contributed by atoms with Crippen LogP contribution in [-0.2, 0) is 0 Å². The van der Waals surface area contributed by atoms with Gasteiger partial charge in [0.15, 0.2) is 0 Å². The Kier molecular flexibility index (Phi) is 2.72. The van der Waals surface area contributed by atoms with E-state index in [0.29, 0.717) is 5.69 Å². The molecule has 1 aromatic heterocycles. The van der Waals surface area contributed by atoms with Crippen LogP contribution >= 0.6 is 0 Å². The van der Waals surface area contributed by atoms with Crippen molar-refractivity contribution in [2.45, 2.75) is 6.61 Å². The monoisotopic (exact) mass is 226 g/mol. The molecule has 6 heteroatoms. The van der Waals surface area contributed by atoms with Crippen LogP contribution in [0.2, 0.25) is 0 Å². The summed E-state index contributed by atoms with van der Waals surface area (Å²) in [5.74, 6) is 0.00833. The number of H-pyrrole nitrogens is 1. The molecule has 0 aliphatic heterocycles. The summed E-state index contributed by atoms with van der Waals surface area (Å²) < 4.78 is 29.4. The molecule has 0 aliphatic rings. The first-order valence-electron chi connectivity index (χ1n) is 4.48. The van der Waals surface area contributed by atoms with Gasteiger partial charge in [0.1, 0.15) is 5.75 Å². The third-order valence-corrected chi connectivity index (χ3v) is 1.95. The van der Waals surface area contributed by atoms with Crippen LogP contribution in [0.1, 0.15) is 0 Å².